The minimum atomic E-state index is -2.56. The van der Waals surface area contributed by atoms with Crippen molar-refractivity contribution in [3.05, 3.63) is 40.8 Å². The summed E-state index contributed by atoms with van der Waals surface area (Å²) in [5.74, 6) is -0.451. The van der Waals surface area contributed by atoms with Crippen molar-refractivity contribution in [3.63, 3.8) is 0 Å². The van der Waals surface area contributed by atoms with E-state index in [1.54, 1.807) is 24.3 Å². The summed E-state index contributed by atoms with van der Waals surface area (Å²) < 4.78 is 27.6. The maximum absolute atomic E-state index is 13.1. The third kappa shape index (κ3) is 3.09. The monoisotopic (exact) mass is 321 g/mol. The van der Waals surface area contributed by atoms with Crippen molar-refractivity contribution in [2.75, 3.05) is 6.54 Å². The normalized spacial score (nSPS) is 18.6. The van der Waals surface area contributed by atoms with Crippen LogP contribution in [-0.2, 0) is 11.3 Å². The molecular weight excluding hydrogens is 304 g/mol. The number of rotatable bonds is 3. The maximum Gasteiger partial charge on any atom is 0.269 e. The zero-order valence-electron chi connectivity index (χ0n) is 12.5. The number of benzene rings is 1. The lowest BCUT2D eigenvalue weighted by Gasteiger charge is -2.35. The summed E-state index contributed by atoms with van der Waals surface area (Å²) in [6.07, 6.45) is 0.286. The Hall–Kier alpha value is -2.31. The number of likely N-dealkylation sites (tertiary alicyclic amines) is 1. The van der Waals surface area contributed by atoms with Gasteiger partial charge in [-0.1, -0.05) is 12.1 Å². The van der Waals surface area contributed by atoms with E-state index < -0.39 is 23.9 Å². The zero-order valence-corrected chi connectivity index (χ0v) is 12.5. The van der Waals surface area contributed by atoms with Crippen LogP contribution >= 0.6 is 0 Å². The number of aromatic nitrogens is 2. The van der Waals surface area contributed by atoms with E-state index in [1.807, 2.05) is 0 Å². The Bertz CT molecular complexity index is 775. The van der Waals surface area contributed by atoms with Gasteiger partial charge >= 0.3 is 0 Å². The van der Waals surface area contributed by atoms with Gasteiger partial charge in [-0.15, -0.1) is 0 Å². The van der Waals surface area contributed by atoms with E-state index in [0.717, 1.165) is 6.20 Å². The van der Waals surface area contributed by atoms with Crippen molar-refractivity contribution in [1.82, 2.24) is 14.5 Å². The molecular formula is C16H17F2N3O2. The Morgan fingerprint density at radius 2 is 2.09 bits per heavy atom. The topological polar surface area (TPSA) is 55.2 Å². The van der Waals surface area contributed by atoms with E-state index in [4.69, 9.17) is 0 Å². The fraction of sp³-hybridized carbons (Fsp3) is 0.438. The molecule has 5 nitrogen and oxygen atoms in total. The van der Waals surface area contributed by atoms with E-state index in [2.05, 4.69) is 4.98 Å². The molecule has 1 unspecified atom stereocenters. The van der Waals surface area contributed by atoms with E-state index >= 15 is 0 Å². The molecule has 1 aromatic heterocycles. The van der Waals surface area contributed by atoms with Crippen LogP contribution in [0, 0.1) is 0 Å². The fourth-order valence-electron chi connectivity index (χ4n) is 3.03. The number of hydrogen-bond acceptors (Lipinski definition) is 3. The molecule has 1 fully saturated rings. The third-order valence-electron chi connectivity index (χ3n) is 4.21. The molecule has 0 spiro atoms. The molecule has 2 heterocycles. The number of amides is 1. The highest BCUT2D eigenvalue weighted by Crippen LogP contribution is 2.23. The van der Waals surface area contributed by atoms with Gasteiger partial charge in [-0.25, -0.2) is 13.8 Å². The molecule has 0 aliphatic carbocycles. The van der Waals surface area contributed by atoms with Gasteiger partial charge in [-0.2, -0.15) is 0 Å². The van der Waals surface area contributed by atoms with Crippen molar-refractivity contribution >= 4 is 16.9 Å². The first-order valence-corrected chi connectivity index (χ1v) is 7.60. The standard InChI is InChI=1S/C16H17F2N3O2/c17-16(18)13-7-3-4-8-20(13)15(23)10-21-12-6-2-1-5-11(12)19-9-14(21)22/h1-2,5-6,9,13,16H,3-4,7-8,10H2. The third-order valence-corrected chi connectivity index (χ3v) is 4.21. The van der Waals surface area contributed by atoms with Crippen LogP contribution in [-0.4, -0.2) is 39.4 Å². The summed E-state index contributed by atoms with van der Waals surface area (Å²) in [4.78, 5) is 29.8. The lowest BCUT2D eigenvalue weighted by Crippen LogP contribution is -2.49. The lowest BCUT2D eigenvalue weighted by molar-refractivity contribution is -0.139. The number of piperidine rings is 1. The summed E-state index contributed by atoms with van der Waals surface area (Å²) in [6, 6.07) is 5.90. The van der Waals surface area contributed by atoms with Gasteiger partial charge < -0.3 is 4.90 Å². The van der Waals surface area contributed by atoms with Crippen LogP contribution in [0.25, 0.3) is 11.0 Å². The van der Waals surface area contributed by atoms with E-state index in [1.165, 1.54) is 9.47 Å². The van der Waals surface area contributed by atoms with E-state index in [-0.39, 0.29) is 6.54 Å². The second-order valence-electron chi connectivity index (χ2n) is 5.66. The first-order valence-electron chi connectivity index (χ1n) is 7.60. The second kappa shape index (κ2) is 6.44. The van der Waals surface area contributed by atoms with Crippen molar-refractivity contribution < 1.29 is 13.6 Å². The SMILES string of the molecule is O=C(Cn1c(=O)cnc2ccccc21)N1CCCCC1C(F)F. The van der Waals surface area contributed by atoms with Crippen molar-refractivity contribution in [1.29, 1.82) is 0 Å². The molecule has 0 radical (unpaired) electrons. The largest absolute Gasteiger partial charge is 0.332 e. The highest BCUT2D eigenvalue weighted by molar-refractivity contribution is 5.80. The van der Waals surface area contributed by atoms with Gasteiger partial charge in [-0.3, -0.25) is 14.2 Å². The second-order valence-corrected chi connectivity index (χ2v) is 5.66. The molecule has 1 atom stereocenters. The number of carbonyl (C=O) groups is 1. The Morgan fingerprint density at radius 3 is 2.87 bits per heavy atom. The molecule has 0 N–H and O–H groups in total. The quantitative estimate of drug-likeness (QED) is 0.869. The zero-order chi connectivity index (χ0) is 16.4. The highest BCUT2D eigenvalue weighted by Gasteiger charge is 2.33. The molecule has 3 rings (SSSR count). The number of alkyl halides is 2. The molecule has 1 aromatic carbocycles. The lowest BCUT2D eigenvalue weighted by atomic mass is 10.0. The number of hydrogen-bond donors (Lipinski definition) is 0. The molecule has 122 valence electrons. The summed E-state index contributed by atoms with van der Waals surface area (Å²) in [7, 11) is 0. The molecule has 1 amide bonds. The number of carbonyl (C=O) groups excluding carboxylic acids is 1. The molecule has 1 aliphatic heterocycles. The van der Waals surface area contributed by atoms with Gasteiger partial charge in [0.2, 0.25) is 5.91 Å². The molecule has 1 aliphatic rings. The van der Waals surface area contributed by atoms with Gasteiger partial charge in [-0.05, 0) is 31.4 Å². The Morgan fingerprint density at radius 1 is 1.30 bits per heavy atom. The first kappa shape index (κ1) is 15.6. The number of para-hydroxylation sites is 2. The van der Waals surface area contributed by atoms with Crippen LogP contribution in [0.1, 0.15) is 19.3 Å². The van der Waals surface area contributed by atoms with Gasteiger partial charge in [0, 0.05) is 6.54 Å². The predicted molar refractivity (Wildman–Crippen MR) is 81.4 cm³/mol. The highest BCUT2D eigenvalue weighted by atomic mass is 19.3. The summed E-state index contributed by atoms with van der Waals surface area (Å²) in [5, 5.41) is 0. The first-order chi connectivity index (χ1) is 11.1. The smallest absolute Gasteiger partial charge is 0.269 e. The Balaban J connectivity index is 1.91. The van der Waals surface area contributed by atoms with Crippen LogP contribution in [0.3, 0.4) is 0 Å². The van der Waals surface area contributed by atoms with Crippen molar-refractivity contribution in [3.8, 4) is 0 Å². The maximum atomic E-state index is 13.1. The molecule has 2 aromatic rings. The number of nitrogens with zero attached hydrogens (tertiary/aromatic N) is 3. The molecule has 1 saturated heterocycles. The van der Waals surface area contributed by atoms with Gasteiger partial charge in [0.15, 0.2) is 0 Å². The molecule has 0 bridgehead atoms. The number of fused-ring (bicyclic) bond motifs is 1. The minimum absolute atomic E-state index is 0.245. The van der Waals surface area contributed by atoms with Crippen LogP contribution in [0.5, 0.6) is 0 Å². The van der Waals surface area contributed by atoms with Gasteiger partial charge in [0.05, 0.1) is 23.3 Å². The summed E-state index contributed by atoms with van der Waals surface area (Å²) in [6.45, 7) is 0.0662. The minimum Gasteiger partial charge on any atom is -0.332 e. The molecule has 0 saturated carbocycles. The van der Waals surface area contributed by atoms with Crippen molar-refractivity contribution in [2.24, 2.45) is 0 Å². The fourth-order valence-corrected chi connectivity index (χ4v) is 3.03. The summed E-state index contributed by atoms with van der Waals surface area (Å²) in [5.41, 5.74) is 0.700. The Labute approximate surface area is 131 Å². The number of halogens is 2. The van der Waals surface area contributed by atoms with Crippen LogP contribution in [0.2, 0.25) is 0 Å². The summed E-state index contributed by atoms with van der Waals surface area (Å²) >= 11 is 0. The molecule has 7 heteroatoms. The van der Waals surface area contributed by atoms with Gasteiger partial charge in [0.25, 0.3) is 12.0 Å². The van der Waals surface area contributed by atoms with Gasteiger partial charge in [0.1, 0.15) is 6.54 Å². The van der Waals surface area contributed by atoms with E-state index in [9.17, 15) is 18.4 Å². The Kier molecular flexibility index (Phi) is 4.36. The van der Waals surface area contributed by atoms with Crippen molar-refractivity contribution in [2.45, 2.75) is 38.3 Å². The van der Waals surface area contributed by atoms with Crippen LogP contribution < -0.4 is 5.56 Å². The predicted octanol–water partition coefficient (Wildman–Crippen LogP) is 2.04. The average Bonchev–Trinajstić information content (AvgIpc) is 2.57. The van der Waals surface area contributed by atoms with Crippen LogP contribution in [0.15, 0.2) is 35.3 Å². The van der Waals surface area contributed by atoms with Crippen LogP contribution in [0.4, 0.5) is 8.78 Å². The van der Waals surface area contributed by atoms with E-state index in [0.29, 0.717) is 36.8 Å². The average molecular weight is 321 g/mol. The molecule has 23 heavy (non-hydrogen) atoms.